The van der Waals surface area contributed by atoms with Crippen LogP contribution in [-0.4, -0.2) is 0 Å². The smallest absolute Gasteiger partial charge is 0.0462 e. The summed E-state index contributed by atoms with van der Waals surface area (Å²) in [6.45, 7) is 0. The first-order valence-corrected chi connectivity index (χ1v) is 19.9. The fourth-order valence-electron chi connectivity index (χ4n) is 7.96. The molecule has 0 unspecified atom stereocenters. The Hall–Kier alpha value is -7.00. The van der Waals surface area contributed by atoms with Gasteiger partial charge in [0.2, 0.25) is 0 Å². The Bertz CT molecular complexity index is 2930. The molecule has 0 N–H and O–H groups in total. The maximum Gasteiger partial charge on any atom is 0.0462 e. The summed E-state index contributed by atoms with van der Waals surface area (Å²) >= 11 is 1.87. The van der Waals surface area contributed by atoms with Gasteiger partial charge in [0, 0.05) is 37.2 Å². The highest BCUT2D eigenvalue weighted by Gasteiger charge is 2.16. The molecule has 0 spiro atoms. The Labute approximate surface area is 332 Å². The summed E-state index contributed by atoms with van der Waals surface area (Å²) in [4.78, 5) is 2.35. The second-order valence-corrected chi connectivity index (χ2v) is 15.2. The van der Waals surface area contributed by atoms with Crippen molar-refractivity contribution in [2.24, 2.45) is 0 Å². The van der Waals surface area contributed by atoms with Gasteiger partial charge in [0.05, 0.1) is 0 Å². The lowest BCUT2D eigenvalue weighted by atomic mass is 9.94. The summed E-state index contributed by atoms with van der Waals surface area (Å²) in [6, 6.07) is 81.2. The maximum absolute atomic E-state index is 2.35. The summed E-state index contributed by atoms with van der Waals surface area (Å²) in [5.41, 5.74) is 15.5. The monoisotopic (exact) mass is 731 g/mol. The van der Waals surface area contributed by atoms with Crippen molar-refractivity contribution in [3.8, 4) is 55.6 Å². The summed E-state index contributed by atoms with van der Waals surface area (Å²) in [7, 11) is 0. The van der Waals surface area contributed by atoms with Gasteiger partial charge in [-0.05, 0) is 110 Å². The molecule has 0 radical (unpaired) electrons. The third kappa shape index (κ3) is 6.36. The molecule has 1 nitrogen and oxygen atoms in total. The van der Waals surface area contributed by atoms with E-state index in [0.717, 1.165) is 17.1 Å². The highest BCUT2D eigenvalue weighted by molar-refractivity contribution is 7.25. The molecule has 1 heterocycles. The van der Waals surface area contributed by atoms with Gasteiger partial charge in [-0.3, -0.25) is 0 Å². The normalized spacial score (nSPS) is 11.2. The van der Waals surface area contributed by atoms with Crippen molar-refractivity contribution in [2.45, 2.75) is 0 Å². The van der Waals surface area contributed by atoms with E-state index < -0.39 is 0 Å². The molecule has 9 aromatic carbocycles. The van der Waals surface area contributed by atoms with E-state index in [1.807, 2.05) is 11.3 Å². The second kappa shape index (κ2) is 14.7. The number of hydrogen-bond acceptors (Lipinski definition) is 2. The molecule has 0 amide bonds. The Morgan fingerprint density at radius 1 is 0.268 bits per heavy atom. The number of anilines is 3. The van der Waals surface area contributed by atoms with Gasteiger partial charge in [0.1, 0.15) is 0 Å². The number of hydrogen-bond donors (Lipinski definition) is 0. The molecule has 56 heavy (non-hydrogen) atoms. The van der Waals surface area contributed by atoms with Crippen LogP contribution in [-0.2, 0) is 0 Å². The summed E-state index contributed by atoms with van der Waals surface area (Å²) < 4.78 is 2.65. The van der Waals surface area contributed by atoms with E-state index in [1.54, 1.807) is 0 Å². The van der Waals surface area contributed by atoms with Crippen LogP contribution in [0.15, 0.2) is 224 Å². The molecular formula is C54H37NS. The Morgan fingerprint density at radius 2 is 0.679 bits per heavy atom. The number of rotatable bonds is 8. The average molecular weight is 732 g/mol. The van der Waals surface area contributed by atoms with E-state index in [9.17, 15) is 0 Å². The highest BCUT2D eigenvalue weighted by Crippen LogP contribution is 2.42. The SMILES string of the molecule is c1ccc(-c2ccc(N(c3ccc(-c4cccc(-c5cccc6sc7ccccc7c56)c4)cc3)c3ccc(-c4ccccc4-c4ccccc4)cc3)cc2)cc1. The van der Waals surface area contributed by atoms with Crippen molar-refractivity contribution in [3.63, 3.8) is 0 Å². The summed E-state index contributed by atoms with van der Waals surface area (Å²) in [5.74, 6) is 0. The lowest BCUT2D eigenvalue weighted by Gasteiger charge is -2.26. The fraction of sp³-hybridized carbons (Fsp3) is 0. The number of fused-ring (bicyclic) bond motifs is 3. The molecule has 0 saturated carbocycles. The van der Waals surface area contributed by atoms with Crippen LogP contribution >= 0.6 is 11.3 Å². The first-order chi connectivity index (χ1) is 27.8. The minimum absolute atomic E-state index is 1.10. The van der Waals surface area contributed by atoms with Gasteiger partial charge < -0.3 is 4.90 Å². The predicted octanol–water partition coefficient (Wildman–Crippen LogP) is 15.9. The molecule has 0 saturated heterocycles. The molecule has 2 heteroatoms. The molecule has 0 fully saturated rings. The quantitative estimate of drug-likeness (QED) is 0.150. The maximum atomic E-state index is 2.35. The van der Waals surface area contributed by atoms with E-state index in [2.05, 4.69) is 229 Å². The van der Waals surface area contributed by atoms with Crippen molar-refractivity contribution < 1.29 is 0 Å². The standard InChI is InChI=1S/C54H37NS/c1-3-13-38(14-4-1)39-25-31-45(32-26-39)55(47-35-29-42(30-36-47)49-20-8-7-19-48(49)41-15-5-2-6-16-41)46-33-27-40(28-34-46)43-17-11-18-44(37-43)50-22-12-24-53-54(50)51-21-9-10-23-52(51)56-53/h1-37H. The molecular weight excluding hydrogens is 695 g/mol. The highest BCUT2D eigenvalue weighted by atomic mass is 32.1. The summed E-state index contributed by atoms with van der Waals surface area (Å²) in [5, 5.41) is 2.66. The van der Waals surface area contributed by atoms with Crippen LogP contribution in [0, 0.1) is 0 Å². The zero-order chi connectivity index (χ0) is 37.3. The largest absolute Gasteiger partial charge is 0.311 e. The molecule has 0 aliphatic carbocycles. The first-order valence-electron chi connectivity index (χ1n) is 19.1. The van der Waals surface area contributed by atoms with Crippen LogP contribution in [0.25, 0.3) is 75.8 Å². The van der Waals surface area contributed by atoms with Gasteiger partial charge in [0.15, 0.2) is 0 Å². The van der Waals surface area contributed by atoms with E-state index in [1.165, 1.54) is 75.8 Å². The molecule has 264 valence electrons. The van der Waals surface area contributed by atoms with Crippen molar-refractivity contribution in [3.05, 3.63) is 224 Å². The van der Waals surface area contributed by atoms with E-state index in [-0.39, 0.29) is 0 Å². The van der Waals surface area contributed by atoms with Crippen LogP contribution < -0.4 is 4.90 Å². The van der Waals surface area contributed by atoms with Gasteiger partial charge >= 0.3 is 0 Å². The van der Waals surface area contributed by atoms with Gasteiger partial charge in [-0.2, -0.15) is 0 Å². The number of benzene rings is 9. The molecule has 1 aromatic heterocycles. The van der Waals surface area contributed by atoms with Crippen molar-refractivity contribution >= 4 is 48.6 Å². The molecule has 10 aromatic rings. The van der Waals surface area contributed by atoms with Gasteiger partial charge in [0.25, 0.3) is 0 Å². The fourth-order valence-corrected chi connectivity index (χ4v) is 9.09. The van der Waals surface area contributed by atoms with Crippen LogP contribution in [0.5, 0.6) is 0 Å². The van der Waals surface area contributed by atoms with E-state index in [0.29, 0.717) is 0 Å². The molecule has 0 aliphatic rings. The molecule has 0 bridgehead atoms. The van der Waals surface area contributed by atoms with Crippen LogP contribution in [0.1, 0.15) is 0 Å². The lowest BCUT2D eigenvalue weighted by molar-refractivity contribution is 1.28. The third-order valence-corrected chi connectivity index (χ3v) is 11.9. The third-order valence-electron chi connectivity index (χ3n) is 10.7. The Kier molecular flexibility index (Phi) is 8.79. The second-order valence-electron chi connectivity index (χ2n) is 14.1. The lowest BCUT2D eigenvalue weighted by Crippen LogP contribution is -2.09. The topological polar surface area (TPSA) is 3.24 Å². The van der Waals surface area contributed by atoms with Gasteiger partial charge in [-0.25, -0.2) is 0 Å². The Morgan fingerprint density at radius 3 is 1.32 bits per heavy atom. The minimum Gasteiger partial charge on any atom is -0.311 e. The van der Waals surface area contributed by atoms with Crippen LogP contribution in [0.4, 0.5) is 17.1 Å². The van der Waals surface area contributed by atoms with Crippen molar-refractivity contribution in [1.29, 1.82) is 0 Å². The minimum atomic E-state index is 1.10. The number of thiophene rings is 1. The van der Waals surface area contributed by atoms with Crippen molar-refractivity contribution in [2.75, 3.05) is 4.90 Å². The molecule has 0 aliphatic heterocycles. The zero-order valence-corrected chi connectivity index (χ0v) is 31.5. The van der Waals surface area contributed by atoms with E-state index >= 15 is 0 Å². The summed E-state index contributed by atoms with van der Waals surface area (Å²) in [6.07, 6.45) is 0. The zero-order valence-electron chi connectivity index (χ0n) is 30.7. The van der Waals surface area contributed by atoms with Crippen LogP contribution in [0.3, 0.4) is 0 Å². The van der Waals surface area contributed by atoms with Gasteiger partial charge in [-0.15, -0.1) is 11.3 Å². The molecule has 0 atom stereocenters. The average Bonchev–Trinajstić information content (AvgIpc) is 3.67. The number of nitrogens with zero attached hydrogens (tertiary/aromatic N) is 1. The van der Waals surface area contributed by atoms with E-state index in [4.69, 9.17) is 0 Å². The van der Waals surface area contributed by atoms with Crippen LogP contribution in [0.2, 0.25) is 0 Å². The Balaban J connectivity index is 1.02. The van der Waals surface area contributed by atoms with Gasteiger partial charge in [-0.1, -0.05) is 170 Å². The van der Waals surface area contributed by atoms with Crippen molar-refractivity contribution in [1.82, 2.24) is 0 Å². The molecule has 10 rings (SSSR count). The predicted molar refractivity (Wildman–Crippen MR) is 241 cm³/mol. The first kappa shape index (κ1) is 33.6.